The van der Waals surface area contributed by atoms with Crippen molar-refractivity contribution in [2.75, 3.05) is 29.6 Å². The van der Waals surface area contributed by atoms with Gasteiger partial charge in [-0.1, -0.05) is 39.5 Å². The van der Waals surface area contributed by atoms with Gasteiger partial charge in [-0.2, -0.15) is 5.26 Å². The van der Waals surface area contributed by atoms with Gasteiger partial charge in [-0.3, -0.25) is 4.79 Å². The topological polar surface area (TPSA) is 128 Å². The smallest absolute Gasteiger partial charge is 0.223 e. The summed E-state index contributed by atoms with van der Waals surface area (Å²) in [5.74, 6) is 1.11. The van der Waals surface area contributed by atoms with Gasteiger partial charge in [-0.15, -0.1) is 0 Å². The van der Waals surface area contributed by atoms with Crippen molar-refractivity contribution in [3.63, 3.8) is 0 Å². The van der Waals surface area contributed by atoms with Crippen molar-refractivity contribution >= 4 is 33.1 Å². The van der Waals surface area contributed by atoms with Gasteiger partial charge < -0.3 is 15.5 Å². The molecule has 0 spiro atoms. The fourth-order valence-corrected chi connectivity index (χ4v) is 5.21. The summed E-state index contributed by atoms with van der Waals surface area (Å²) in [7, 11) is -3.30. The molecule has 0 saturated carbocycles. The summed E-state index contributed by atoms with van der Waals surface area (Å²) in [6, 6.07) is 8.36. The van der Waals surface area contributed by atoms with E-state index in [1.165, 1.54) is 31.4 Å². The van der Waals surface area contributed by atoms with Gasteiger partial charge in [-0.25, -0.2) is 18.4 Å². The minimum absolute atomic E-state index is 0.0309. The second-order valence-electron chi connectivity index (χ2n) is 9.71. The van der Waals surface area contributed by atoms with Crippen molar-refractivity contribution in [2.24, 2.45) is 5.92 Å². The van der Waals surface area contributed by atoms with Crippen LogP contribution in [0.4, 0.5) is 17.3 Å². The zero-order valence-corrected chi connectivity index (χ0v) is 22.9. The monoisotopic (exact) mass is 526 g/mol. The highest BCUT2D eigenvalue weighted by Crippen LogP contribution is 2.24. The van der Waals surface area contributed by atoms with Crippen LogP contribution in [0.15, 0.2) is 35.4 Å². The van der Waals surface area contributed by atoms with Crippen LogP contribution in [0, 0.1) is 17.2 Å². The van der Waals surface area contributed by atoms with Crippen LogP contribution in [-0.4, -0.2) is 49.7 Å². The minimum atomic E-state index is -3.30. The maximum Gasteiger partial charge on any atom is 0.223 e. The van der Waals surface area contributed by atoms with Gasteiger partial charge in [0.15, 0.2) is 21.3 Å². The lowest BCUT2D eigenvalue weighted by atomic mass is 9.96. The number of piperidine rings is 1. The van der Waals surface area contributed by atoms with E-state index in [4.69, 9.17) is 0 Å². The molecule has 2 heterocycles. The van der Waals surface area contributed by atoms with E-state index < -0.39 is 9.84 Å². The number of nitriles is 1. The van der Waals surface area contributed by atoms with Gasteiger partial charge in [0.1, 0.15) is 11.9 Å². The summed E-state index contributed by atoms with van der Waals surface area (Å²) >= 11 is 0. The zero-order chi connectivity index (χ0) is 26.8. The normalized spacial score (nSPS) is 16.6. The number of anilines is 3. The van der Waals surface area contributed by atoms with E-state index >= 15 is 0 Å². The van der Waals surface area contributed by atoms with Crippen LogP contribution in [0.1, 0.15) is 70.9 Å². The maximum atomic E-state index is 12.9. The second kappa shape index (κ2) is 13.4. The predicted octanol–water partition coefficient (Wildman–Crippen LogP) is 4.58. The average Bonchev–Trinajstić information content (AvgIpc) is 2.88. The van der Waals surface area contributed by atoms with Crippen molar-refractivity contribution < 1.29 is 13.2 Å². The van der Waals surface area contributed by atoms with E-state index in [0.29, 0.717) is 23.9 Å². The average molecular weight is 527 g/mol. The van der Waals surface area contributed by atoms with Crippen LogP contribution < -0.4 is 15.5 Å². The number of hydrogen-bond acceptors (Lipinski definition) is 8. The largest absolute Gasteiger partial charge is 0.353 e. The molecule has 3 rings (SSSR count). The number of hydrogen-bond donors (Lipinski definition) is 2. The summed E-state index contributed by atoms with van der Waals surface area (Å²) in [6.07, 6.45) is 11.0. The predicted molar refractivity (Wildman–Crippen MR) is 145 cm³/mol. The molecule has 1 fully saturated rings. The number of nitrogens with one attached hydrogen (secondary N) is 2. The van der Waals surface area contributed by atoms with Gasteiger partial charge in [0.25, 0.3) is 0 Å². The highest BCUT2D eigenvalue weighted by Gasteiger charge is 2.26. The lowest BCUT2D eigenvalue weighted by Gasteiger charge is -2.34. The number of sulfone groups is 1. The molecule has 1 aliphatic heterocycles. The van der Waals surface area contributed by atoms with Crippen LogP contribution in [0.25, 0.3) is 0 Å². The summed E-state index contributed by atoms with van der Waals surface area (Å²) in [5.41, 5.74) is 0.746. The molecule has 200 valence electrons. The molecule has 1 amide bonds. The van der Waals surface area contributed by atoms with Crippen LogP contribution in [0.5, 0.6) is 0 Å². The fraction of sp³-hybridized carbons (Fsp3) is 0.556. The van der Waals surface area contributed by atoms with E-state index in [1.54, 1.807) is 18.3 Å². The number of carbonyl (C=O) groups excluding carboxylic acids is 1. The Labute approximate surface area is 220 Å². The Kier molecular flexibility index (Phi) is 10.3. The summed E-state index contributed by atoms with van der Waals surface area (Å²) in [4.78, 5) is 24.2. The third kappa shape index (κ3) is 8.15. The lowest BCUT2D eigenvalue weighted by Crippen LogP contribution is -2.49. The van der Waals surface area contributed by atoms with E-state index in [-0.39, 0.29) is 28.5 Å². The first-order chi connectivity index (χ1) is 17.7. The Balaban J connectivity index is 1.67. The SMILES string of the molecule is CCCCCCC(CC)C(=O)NC1CCCN(c2cnc(C#N)c(Nc3ccc(S(C)(=O)=O)cc3)n2)C1. The van der Waals surface area contributed by atoms with E-state index in [0.717, 1.165) is 44.9 Å². The summed E-state index contributed by atoms with van der Waals surface area (Å²) < 4.78 is 23.4. The molecule has 0 bridgehead atoms. The Morgan fingerprint density at radius 1 is 1.22 bits per heavy atom. The molecule has 9 nitrogen and oxygen atoms in total. The van der Waals surface area contributed by atoms with Gasteiger partial charge in [0.05, 0.1) is 11.1 Å². The van der Waals surface area contributed by atoms with Gasteiger partial charge >= 0.3 is 0 Å². The molecule has 1 aromatic heterocycles. The van der Waals surface area contributed by atoms with Crippen molar-refractivity contribution in [3.8, 4) is 6.07 Å². The number of amides is 1. The Morgan fingerprint density at radius 3 is 2.62 bits per heavy atom. The van der Waals surface area contributed by atoms with Gasteiger partial charge in [0, 0.05) is 37.0 Å². The molecule has 1 aliphatic rings. The number of rotatable bonds is 12. The molecule has 0 aliphatic carbocycles. The number of aromatic nitrogens is 2. The summed E-state index contributed by atoms with van der Waals surface area (Å²) in [5, 5.41) is 15.9. The number of nitrogens with zero attached hydrogens (tertiary/aromatic N) is 4. The number of unbranched alkanes of at least 4 members (excludes halogenated alkanes) is 3. The van der Waals surface area contributed by atoms with Crippen LogP contribution >= 0.6 is 0 Å². The molecule has 0 radical (unpaired) electrons. The first-order valence-electron chi connectivity index (χ1n) is 13.1. The second-order valence-corrected chi connectivity index (χ2v) is 11.7. The minimum Gasteiger partial charge on any atom is -0.353 e. The highest BCUT2D eigenvalue weighted by molar-refractivity contribution is 7.90. The molecule has 37 heavy (non-hydrogen) atoms. The van der Waals surface area contributed by atoms with Crippen LogP contribution in [-0.2, 0) is 14.6 Å². The quantitative estimate of drug-likeness (QED) is 0.385. The third-order valence-electron chi connectivity index (χ3n) is 6.77. The van der Waals surface area contributed by atoms with Gasteiger partial charge in [-0.05, 0) is 49.9 Å². The van der Waals surface area contributed by atoms with Crippen molar-refractivity contribution in [3.05, 3.63) is 36.2 Å². The van der Waals surface area contributed by atoms with Crippen molar-refractivity contribution in [1.29, 1.82) is 5.26 Å². The Morgan fingerprint density at radius 2 is 1.97 bits per heavy atom. The fourth-order valence-electron chi connectivity index (χ4n) is 4.58. The van der Waals surface area contributed by atoms with E-state index in [9.17, 15) is 18.5 Å². The highest BCUT2D eigenvalue weighted by atomic mass is 32.2. The lowest BCUT2D eigenvalue weighted by molar-refractivity contribution is -0.126. The van der Waals surface area contributed by atoms with Crippen molar-refractivity contribution in [1.82, 2.24) is 15.3 Å². The standard InChI is InChI=1S/C27H38N6O3S/c1-4-6-7-8-10-20(5-2)27(34)31-22-11-9-16-33(19-22)25-18-29-24(17-28)26(32-25)30-21-12-14-23(15-13-21)37(3,35)36/h12-15,18,20,22H,4-11,16,19H2,1-3H3,(H,30,32)(H,31,34). The van der Waals surface area contributed by atoms with Gasteiger partial charge in [0.2, 0.25) is 5.91 Å². The van der Waals surface area contributed by atoms with E-state index in [1.807, 2.05) is 0 Å². The zero-order valence-electron chi connectivity index (χ0n) is 22.0. The maximum absolute atomic E-state index is 12.9. The molecular formula is C27H38N6O3S. The number of benzene rings is 1. The Hall–Kier alpha value is -3.19. The molecule has 2 aromatic rings. The van der Waals surface area contributed by atoms with E-state index in [2.05, 4.69) is 45.4 Å². The molecule has 10 heteroatoms. The molecule has 2 atom stereocenters. The van der Waals surface area contributed by atoms with Crippen LogP contribution in [0.3, 0.4) is 0 Å². The Bertz CT molecular complexity index is 1190. The molecule has 2 N–H and O–H groups in total. The van der Waals surface area contributed by atoms with Crippen molar-refractivity contribution in [2.45, 2.75) is 76.2 Å². The molecule has 1 aromatic carbocycles. The molecular weight excluding hydrogens is 488 g/mol. The van der Waals surface area contributed by atoms with Crippen LogP contribution in [0.2, 0.25) is 0 Å². The number of carbonyl (C=O) groups is 1. The molecule has 1 saturated heterocycles. The third-order valence-corrected chi connectivity index (χ3v) is 7.90. The first-order valence-corrected chi connectivity index (χ1v) is 15.0. The summed E-state index contributed by atoms with van der Waals surface area (Å²) in [6.45, 7) is 5.67. The molecule has 2 unspecified atom stereocenters. The first kappa shape index (κ1) is 28.4.